The molecule has 0 saturated heterocycles. The molecule has 1 rings (SSSR count). The average molecular weight is 223 g/mol. The topological polar surface area (TPSA) is 124 Å². The van der Waals surface area contributed by atoms with E-state index in [2.05, 4.69) is 15.3 Å². The first-order valence-electron chi connectivity index (χ1n) is 4.66. The van der Waals surface area contributed by atoms with Crippen LogP contribution in [0.3, 0.4) is 0 Å². The summed E-state index contributed by atoms with van der Waals surface area (Å²) in [6, 6.07) is 0.749. The van der Waals surface area contributed by atoms with Gasteiger partial charge in [-0.1, -0.05) is 0 Å². The van der Waals surface area contributed by atoms with E-state index in [0.717, 1.165) is 0 Å². The van der Waals surface area contributed by atoms with Crippen molar-refractivity contribution in [3.8, 4) is 0 Å². The Balaban J connectivity index is 2.38. The van der Waals surface area contributed by atoms with E-state index >= 15 is 0 Å². The first kappa shape index (κ1) is 12.1. The second-order valence-corrected chi connectivity index (χ2v) is 3.20. The van der Waals surface area contributed by atoms with Crippen molar-refractivity contribution in [3.05, 3.63) is 24.3 Å². The largest absolute Gasteiger partial charge is 0.370 e. The fourth-order valence-electron chi connectivity index (χ4n) is 1.04. The first-order chi connectivity index (χ1) is 7.59. The standard InChI is InChI=1S/C9H13N5O2/c10-7(3-8(11)15)9(16)13-4-6-1-2-12-5-14-6/h1-2,5,7H,3-4,10H2,(H2,11,15)(H,13,16). The maximum atomic E-state index is 11.4. The van der Waals surface area contributed by atoms with Crippen molar-refractivity contribution in [3.63, 3.8) is 0 Å². The Hall–Kier alpha value is -2.02. The van der Waals surface area contributed by atoms with Crippen LogP contribution in [0.2, 0.25) is 0 Å². The van der Waals surface area contributed by atoms with Crippen molar-refractivity contribution in [2.24, 2.45) is 11.5 Å². The Morgan fingerprint density at radius 3 is 2.81 bits per heavy atom. The number of carbonyl (C=O) groups is 2. The van der Waals surface area contributed by atoms with E-state index in [1.807, 2.05) is 0 Å². The van der Waals surface area contributed by atoms with Gasteiger partial charge in [-0.15, -0.1) is 0 Å². The van der Waals surface area contributed by atoms with Gasteiger partial charge in [0.2, 0.25) is 11.8 Å². The van der Waals surface area contributed by atoms with Gasteiger partial charge in [0.25, 0.3) is 0 Å². The van der Waals surface area contributed by atoms with Gasteiger partial charge in [-0.05, 0) is 6.07 Å². The van der Waals surface area contributed by atoms with E-state index in [9.17, 15) is 9.59 Å². The highest BCUT2D eigenvalue weighted by atomic mass is 16.2. The van der Waals surface area contributed by atoms with Crippen LogP contribution in [0.4, 0.5) is 0 Å². The molecule has 1 atom stereocenters. The smallest absolute Gasteiger partial charge is 0.237 e. The van der Waals surface area contributed by atoms with Gasteiger partial charge in [0.1, 0.15) is 6.33 Å². The number of hydrogen-bond acceptors (Lipinski definition) is 5. The maximum absolute atomic E-state index is 11.4. The molecule has 0 radical (unpaired) electrons. The quantitative estimate of drug-likeness (QED) is 0.548. The molecule has 16 heavy (non-hydrogen) atoms. The summed E-state index contributed by atoms with van der Waals surface area (Å²) in [5.74, 6) is -1.04. The zero-order chi connectivity index (χ0) is 12.0. The third-order valence-electron chi connectivity index (χ3n) is 1.84. The van der Waals surface area contributed by atoms with E-state index in [4.69, 9.17) is 11.5 Å². The molecular formula is C9H13N5O2. The molecule has 7 heteroatoms. The van der Waals surface area contributed by atoms with Crippen molar-refractivity contribution in [2.75, 3.05) is 0 Å². The molecule has 1 aromatic heterocycles. The molecular weight excluding hydrogens is 210 g/mol. The molecule has 0 saturated carbocycles. The summed E-state index contributed by atoms with van der Waals surface area (Å²) in [5.41, 5.74) is 11.0. The molecule has 86 valence electrons. The lowest BCUT2D eigenvalue weighted by molar-refractivity contribution is -0.126. The summed E-state index contributed by atoms with van der Waals surface area (Å²) in [4.78, 5) is 29.5. The minimum atomic E-state index is -0.917. The van der Waals surface area contributed by atoms with E-state index in [0.29, 0.717) is 5.69 Å². The molecule has 0 fully saturated rings. The van der Waals surface area contributed by atoms with E-state index in [-0.39, 0.29) is 13.0 Å². The van der Waals surface area contributed by atoms with Crippen molar-refractivity contribution in [1.29, 1.82) is 0 Å². The van der Waals surface area contributed by atoms with Crippen LogP contribution in [0, 0.1) is 0 Å². The second kappa shape index (κ2) is 5.76. The highest BCUT2D eigenvalue weighted by molar-refractivity contribution is 5.87. The lowest BCUT2D eigenvalue weighted by Gasteiger charge is -2.09. The number of nitrogens with zero attached hydrogens (tertiary/aromatic N) is 2. The second-order valence-electron chi connectivity index (χ2n) is 3.20. The normalized spacial score (nSPS) is 11.8. The van der Waals surface area contributed by atoms with Crippen LogP contribution in [0.25, 0.3) is 0 Å². The highest BCUT2D eigenvalue weighted by Gasteiger charge is 2.15. The van der Waals surface area contributed by atoms with Crippen LogP contribution in [-0.2, 0) is 16.1 Å². The van der Waals surface area contributed by atoms with Crippen LogP contribution < -0.4 is 16.8 Å². The van der Waals surface area contributed by atoms with Gasteiger partial charge in [0.05, 0.1) is 24.7 Å². The molecule has 2 amide bonds. The third-order valence-corrected chi connectivity index (χ3v) is 1.84. The number of nitrogens with two attached hydrogens (primary N) is 2. The molecule has 1 unspecified atom stereocenters. The van der Waals surface area contributed by atoms with Crippen molar-refractivity contribution >= 4 is 11.8 Å². The summed E-state index contributed by atoms with van der Waals surface area (Å²) in [5, 5.41) is 2.54. The Bertz CT molecular complexity index is 367. The number of aromatic nitrogens is 2. The number of hydrogen-bond donors (Lipinski definition) is 3. The number of rotatable bonds is 5. The van der Waals surface area contributed by atoms with Crippen molar-refractivity contribution < 1.29 is 9.59 Å². The van der Waals surface area contributed by atoms with Gasteiger partial charge in [-0.3, -0.25) is 9.59 Å². The van der Waals surface area contributed by atoms with Gasteiger partial charge in [-0.2, -0.15) is 0 Å². The Kier molecular flexibility index (Phi) is 4.34. The minimum Gasteiger partial charge on any atom is -0.370 e. The molecule has 0 bridgehead atoms. The number of amides is 2. The van der Waals surface area contributed by atoms with Crippen LogP contribution >= 0.6 is 0 Å². The predicted molar refractivity (Wildman–Crippen MR) is 55.7 cm³/mol. The molecule has 0 aromatic carbocycles. The Morgan fingerprint density at radius 2 is 2.25 bits per heavy atom. The Morgan fingerprint density at radius 1 is 1.50 bits per heavy atom. The van der Waals surface area contributed by atoms with Gasteiger partial charge in [-0.25, -0.2) is 9.97 Å². The van der Waals surface area contributed by atoms with E-state index in [1.165, 1.54) is 6.33 Å². The lowest BCUT2D eigenvalue weighted by atomic mass is 10.2. The molecule has 7 nitrogen and oxygen atoms in total. The summed E-state index contributed by atoms with van der Waals surface area (Å²) < 4.78 is 0. The molecule has 1 aromatic rings. The minimum absolute atomic E-state index is 0.171. The highest BCUT2D eigenvalue weighted by Crippen LogP contribution is 1.92. The SMILES string of the molecule is NC(=O)CC(N)C(=O)NCc1ccncn1. The van der Waals surface area contributed by atoms with Gasteiger partial charge in [0.15, 0.2) is 0 Å². The summed E-state index contributed by atoms with van der Waals surface area (Å²) in [7, 11) is 0. The maximum Gasteiger partial charge on any atom is 0.237 e. The van der Waals surface area contributed by atoms with E-state index < -0.39 is 17.9 Å². The molecule has 0 aliphatic rings. The van der Waals surface area contributed by atoms with Crippen molar-refractivity contribution in [2.45, 2.75) is 19.0 Å². The number of carbonyl (C=O) groups excluding carboxylic acids is 2. The monoisotopic (exact) mass is 223 g/mol. The molecule has 0 aliphatic heterocycles. The molecule has 0 spiro atoms. The summed E-state index contributed by atoms with van der Waals surface area (Å²) in [6.45, 7) is 0.244. The van der Waals surface area contributed by atoms with Crippen LogP contribution in [-0.4, -0.2) is 27.8 Å². The lowest BCUT2D eigenvalue weighted by Crippen LogP contribution is -2.42. The molecule has 1 heterocycles. The average Bonchev–Trinajstić information content (AvgIpc) is 2.26. The molecule has 5 N–H and O–H groups in total. The molecule has 0 aliphatic carbocycles. The van der Waals surface area contributed by atoms with Crippen molar-refractivity contribution in [1.82, 2.24) is 15.3 Å². The van der Waals surface area contributed by atoms with Crippen LogP contribution in [0.1, 0.15) is 12.1 Å². The predicted octanol–water partition coefficient (Wildman–Crippen LogP) is -1.70. The fourth-order valence-corrected chi connectivity index (χ4v) is 1.04. The zero-order valence-corrected chi connectivity index (χ0v) is 8.59. The fraction of sp³-hybridized carbons (Fsp3) is 0.333. The summed E-state index contributed by atoms with van der Waals surface area (Å²) in [6.07, 6.45) is 2.78. The first-order valence-corrected chi connectivity index (χ1v) is 4.66. The van der Waals surface area contributed by atoms with Gasteiger partial charge < -0.3 is 16.8 Å². The van der Waals surface area contributed by atoms with Crippen LogP contribution in [0.15, 0.2) is 18.6 Å². The van der Waals surface area contributed by atoms with Gasteiger partial charge in [0, 0.05) is 6.20 Å². The third kappa shape index (κ3) is 4.01. The number of nitrogens with one attached hydrogen (secondary N) is 1. The van der Waals surface area contributed by atoms with Gasteiger partial charge >= 0.3 is 0 Å². The number of primary amides is 1. The zero-order valence-electron chi connectivity index (χ0n) is 8.59. The Labute approximate surface area is 92.2 Å². The summed E-state index contributed by atoms with van der Waals surface area (Å²) >= 11 is 0. The van der Waals surface area contributed by atoms with E-state index in [1.54, 1.807) is 12.3 Å². The van der Waals surface area contributed by atoms with Crippen LogP contribution in [0.5, 0.6) is 0 Å².